The SMILES string of the molecule is NC(=O)CCn1cc(/C=N/NC(=O)CNc2ccc(I)cc2)c2ccccc21. The van der Waals surface area contributed by atoms with Crippen LogP contribution in [0.5, 0.6) is 0 Å². The van der Waals surface area contributed by atoms with Crippen molar-refractivity contribution in [1.29, 1.82) is 0 Å². The fraction of sp³-hybridized carbons (Fsp3) is 0.150. The van der Waals surface area contributed by atoms with Crippen LogP contribution < -0.4 is 16.5 Å². The fourth-order valence-electron chi connectivity index (χ4n) is 2.76. The lowest BCUT2D eigenvalue weighted by Crippen LogP contribution is -2.25. The van der Waals surface area contributed by atoms with Crippen LogP contribution in [-0.2, 0) is 16.1 Å². The average molecular weight is 489 g/mol. The van der Waals surface area contributed by atoms with Crippen molar-refractivity contribution in [3.63, 3.8) is 0 Å². The van der Waals surface area contributed by atoms with Crippen LogP contribution >= 0.6 is 22.6 Å². The van der Waals surface area contributed by atoms with E-state index < -0.39 is 0 Å². The number of hydrogen-bond donors (Lipinski definition) is 3. The number of carbonyl (C=O) groups is 2. The van der Waals surface area contributed by atoms with Gasteiger partial charge in [0.25, 0.3) is 5.91 Å². The summed E-state index contributed by atoms with van der Waals surface area (Å²) >= 11 is 2.23. The molecule has 144 valence electrons. The summed E-state index contributed by atoms with van der Waals surface area (Å²) in [5, 5.41) is 8.09. The Balaban J connectivity index is 1.61. The van der Waals surface area contributed by atoms with E-state index in [1.807, 2.05) is 59.3 Å². The minimum Gasteiger partial charge on any atom is -0.376 e. The van der Waals surface area contributed by atoms with E-state index in [0.29, 0.717) is 6.54 Å². The summed E-state index contributed by atoms with van der Waals surface area (Å²) < 4.78 is 3.09. The van der Waals surface area contributed by atoms with E-state index in [1.54, 1.807) is 6.21 Å². The number of halogens is 1. The summed E-state index contributed by atoms with van der Waals surface area (Å²) in [5.41, 5.74) is 10.5. The Morgan fingerprint density at radius 1 is 1.14 bits per heavy atom. The van der Waals surface area contributed by atoms with Gasteiger partial charge in [-0.2, -0.15) is 5.10 Å². The van der Waals surface area contributed by atoms with Crippen LogP contribution in [0.3, 0.4) is 0 Å². The Morgan fingerprint density at radius 3 is 2.64 bits per heavy atom. The molecular formula is C20H20IN5O2. The highest BCUT2D eigenvalue weighted by atomic mass is 127. The Morgan fingerprint density at radius 2 is 1.89 bits per heavy atom. The van der Waals surface area contributed by atoms with Gasteiger partial charge in [-0.3, -0.25) is 9.59 Å². The van der Waals surface area contributed by atoms with Crippen LogP contribution in [0, 0.1) is 3.57 Å². The van der Waals surface area contributed by atoms with Crippen LogP contribution in [-0.4, -0.2) is 29.1 Å². The van der Waals surface area contributed by atoms with E-state index in [-0.39, 0.29) is 24.8 Å². The van der Waals surface area contributed by atoms with Crippen molar-refractivity contribution in [2.75, 3.05) is 11.9 Å². The van der Waals surface area contributed by atoms with Gasteiger partial charge in [0.2, 0.25) is 5.91 Å². The minimum absolute atomic E-state index is 0.123. The van der Waals surface area contributed by atoms with E-state index >= 15 is 0 Å². The van der Waals surface area contributed by atoms with E-state index in [9.17, 15) is 9.59 Å². The lowest BCUT2D eigenvalue weighted by Gasteiger charge is -2.04. The van der Waals surface area contributed by atoms with Crippen molar-refractivity contribution < 1.29 is 9.59 Å². The third-order valence-electron chi connectivity index (χ3n) is 4.11. The number of nitrogens with one attached hydrogen (secondary N) is 2. The van der Waals surface area contributed by atoms with E-state index in [4.69, 9.17) is 5.73 Å². The largest absolute Gasteiger partial charge is 0.376 e. The number of carbonyl (C=O) groups excluding carboxylic acids is 2. The third-order valence-corrected chi connectivity index (χ3v) is 4.83. The maximum absolute atomic E-state index is 12.0. The molecule has 8 heteroatoms. The molecule has 4 N–H and O–H groups in total. The number of rotatable bonds is 8. The lowest BCUT2D eigenvalue weighted by molar-refractivity contribution is -0.119. The highest BCUT2D eigenvalue weighted by molar-refractivity contribution is 14.1. The molecule has 0 fully saturated rings. The zero-order valence-corrected chi connectivity index (χ0v) is 17.2. The Bertz CT molecular complexity index is 1010. The molecule has 2 amide bonds. The van der Waals surface area contributed by atoms with Crippen LogP contribution in [0.4, 0.5) is 5.69 Å². The third kappa shape index (κ3) is 5.32. The van der Waals surface area contributed by atoms with Crippen molar-refractivity contribution in [3.05, 3.63) is 63.9 Å². The molecule has 1 heterocycles. The number of amides is 2. The van der Waals surface area contributed by atoms with Crippen LogP contribution in [0.1, 0.15) is 12.0 Å². The first-order valence-electron chi connectivity index (χ1n) is 8.70. The summed E-state index contributed by atoms with van der Waals surface area (Å²) in [6, 6.07) is 15.6. The van der Waals surface area contributed by atoms with E-state index in [2.05, 4.69) is 38.4 Å². The molecule has 0 aliphatic heterocycles. The number of nitrogens with two attached hydrogens (primary N) is 1. The Labute approximate surface area is 176 Å². The van der Waals surface area contributed by atoms with Gasteiger partial charge in [0.05, 0.1) is 12.8 Å². The highest BCUT2D eigenvalue weighted by Gasteiger charge is 2.07. The zero-order valence-electron chi connectivity index (χ0n) is 15.1. The number of aryl methyl sites for hydroxylation is 1. The number of primary amides is 1. The maximum atomic E-state index is 12.0. The van der Waals surface area contributed by atoms with Crippen molar-refractivity contribution in [2.45, 2.75) is 13.0 Å². The molecular weight excluding hydrogens is 469 g/mol. The van der Waals surface area contributed by atoms with Gasteiger partial charge in [-0.1, -0.05) is 18.2 Å². The number of hydrazone groups is 1. The second-order valence-corrected chi connectivity index (χ2v) is 7.41. The number of fused-ring (bicyclic) bond motifs is 1. The normalized spacial score (nSPS) is 11.0. The van der Waals surface area contributed by atoms with Crippen molar-refractivity contribution in [3.8, 4) is 0 Å². The molecule has 0 unspecified atom stereocenters. The van der Waals surface area contributed by atoms with Crippen molar-refractivity contribution >= 4 is 57.2 Å². The number of anilines is 1. The zero-order chi connectivity index (χ0) is 19.9. The number of nitrogens with zero attached hydrogens (tertiary/aromatic N) is 2. The standard InChI is InChI=1S/C20H20IN5O2/c21-15-5-7-16(8-6-15)23-12-20(28)25-24-11-14-13-26(10-9-19(22)27)18-4-2-1-3-17(14)18/h1-8,11,13,23H,9-10,12H2,(H2,22,27)(H,25,28)/b24-11+. The molecule has 3 aromatic rings. The predicted octanol–water partition coefficient (Wildman–Crippen LogP) is 2.68. The molecule has 0 atom stereocenters. The molecule has 0 aliphatic rings. The minimum atomic E-state index is -0.346. The average Bonchev–Trinajstić information content (AvgIpc) is 3.04. The summed E-state index contributed by atoms with van der Waals surface area (Å²) in [6.07, 6.45) is 3.76. The molecule has 2 aromatic carbocycles. The van der Waals surface area contributed by atoms with Gasteiger partial charge in [-0.25, -0.2) is 5.43 Å². The number of aromatic nitrogens is 1. The van der Waals surface area contributed by atoms with Gasteiger partial charge in [0.1, 0.15) is 0 Å². The van der Waals surface area contributed by atoms with Crippen molar-refractivity contribution in [2.24, 2.45) is 10.8 Å². The van der Waals surface area contributed by atoms with Gasteiger partial charge in [0, 0.05) is 44.9 Å². The van der Waals surface area contributed by atoms with Gasteiger partial charge in [-0.15, -0.1) is 0 Å². The molecule has 7 nitrogen and oxygen atoms in total. The lowest BCUT2D eigenvalue weighted by atomic mass is 10.2. The maximum Gasteiger partial charge on any atom is 0.259 e. The van der Waals surface area contributed by atoms with Crippen LogP contribution in [0.15, 0.2) is 59.8 Å². The Hall–Kier alpha value is -2.88. The monoisotopic (exact) mass is 489 g/mol. The summed E-state index contributed by atoms with van der Waals surface area (Å²) in [6.45, 7) is 0.619. The summed E-state index contributed by atoms with van der Waals surface area (Å²) in [4.78, 5) is 23.0. The first kappa shape index (κ1) is 19.9. The van der Waals surface area contributed by atoms with Gasteiger partial charge >= 0.3 is 0 Å². The highest BCUT2D eigenvalue weighted by Crippen LogP contribution is 2.20. The van der Waals surface area contributed by atoms with Gasteiger partial charge in [-0.05, 0) is 52.9 Å². The quantitative estimate of drug-likeness (QED) is 0.258. The predicted molar refractivity (Wildman–Crippen MR) is 119 cm³/mol. The van der Waals surface area contributed by atoms with E-state index in [1.165, 1.54) is 0 Å². The molecule has 0 saturated carbocycles. The molecule has 1 aromatic heterocycles. The molecule has 0 radical (unpaired) electrons. The molecule has 0 bridgehead atoms. The first-order chi connectivity index (χ1) is 13.5. The first-order valence-corrected chi connectivity index (χ1v) is 9.78. The number of para-hydroxylation sites is 1. The smallest absolute Gasteiger partial charge is 0.259 e. The summed E-state index contributed by atoms with van der Waals surface area (Å²) in [7, 11) is 0. The topological polar surface area (TPSA) is 102 Å². The molecule has 3 rings (SSSR count). The van der Waals surface area contributed by atoms with E-state index in [0.717, 1.165) is 25.7 Å². The molecule has 0 spiro atoms. The second-order valence-electron chi connectivity index (χ2n) is 6.16. The van der Waals surface area contributed by atoms with Crippen LogP contribution in [0.2, 0.25) is 0 Å². The Kier molecular flexibility index (Phi) is 6.64. The fourth-order valence-corrected chi connectivity index (χ4v) is 3.12. The second kappa shape index (κ2) is 9.36. The summed E-state index contributed by atoms with van der Waals surface area (Å²) in [5.74, 6) is -0.590. The van der Waals surface area contributed by atoms with Crippen LogP contribution in [0.25, 0.3) is 10.9 Å². The van der Waals surface area contributed by atoms with Gasteiger partial charge in [0.15, 0.2) is 0 Å². The van der Waals surface area contributed by atoms with Crippen molar-refractivity contribution in [1.82, 2.24) is 9.99 Å². The number of hydrogen-bond acceptors (Lipinski definition) is 4. The number of benzene rings is 2. The molecule has 0 aliphatic carbocycles. The van der Waals surface area contributed by atoms with Gasteiger partial charge < -0.3 is 15.6 Å². The molecule has 28 heavy (non-hydrogen) atoms. The molecule has 0 saturated heterocycles.